The van der Waals surface area contributed by atoms with E-state index in [0.717, 1.165) is 12.1 Å². The SMILES string of the molecule is CCC(C)n1ccc(CSC(N)=NN)n1. The Labute approximate surface area is 93.9 Å². The highest BCUT2D eigenvalue weighted by Gasteiger charge is 2.05. The Morgan fingerprint density at radius 3 is 3.07 bits per heavy atom. The molecule has 1 rings (SSSR count). The van der Waals surface area contributed by atoms with Crippen LogP contribution in [-0.2, 0) is 5.75 Å². The van der Waals surface area contributed by atoms with Gasteiger partial charge in [0.2, 0.25) is 0 Å². The first kappa shape index (κ1) is 11.9. The lowest BCUT2D eigenvalue weighted by Gasteiger charge is -2.07. The first-order valence-corrected chi connectivity index (χ1v) is 5.86. The van der Waals surface area contributed by atoms with E-state index in [1.54, 1.807) is 0 Å². The van der Waals surface area contributed by atoms with Gasteiger partial charge in [-0.15, -0.1) is 0 Å². The maximum Gasteiger partial charge on any atom is 0.177 e. The molecule has 1 unspecified atom stereocenters. The van der Waals surface area contributed by atoms with E-state index in [2.05, 4.69) is 24.0 Å². The molecule has 1 atom stereocenters. The van der Waals surface area contributed by atoms with Crippen molar-refractivity contribution in [1.82, 2.24) is 9.78 Å². The molecule has 84 valence electrons. The van der Waals surface area contributed by atoms with Gasteiger partial charge < -0.3 is 11.6 Å². The summed E-state index contributed by atoms with van der Waals surface area (Å²) in [6.45, 7) is 4.28. The second kappa shape index (κ2) is 5.65. The largest absolute Gasteiger partial charge is 0.377 e. The van der Waals surface area contributed by atoms with Crippen molar-refractivity contribution in [2.75, 3.05) is 0 Å². The molecule has 5 nitrogen and oxygen atoms in total. The molecule has 0 radical (unpaired) electrons. The van der Waals surface area contributed by atoms with Gasteiger partial charge >= 0.3 is 0 Å². The fourth-order valence-electron chi connectivity index (χ4n) is 1.07. The Morgan fingerprint density at radius 2 is 2.47 bits per heavy atom. The second-order valence-electron chi connectivity index (χ2n) is 3.30. The number of nitrogens with zero attached hydrogens (tertiary/aromatic N) is 3. The zero-order valence-corrected chi connectivity index (χ0v) is 9.87. The summed E-state index contributed by atoms with van der Waals surface area (Å²) in [5.41, 5.74) is 6.46. The standard InChI is InChI=1S/C9H17N5S/c1-3-7(2)14-5-4-8(13-14)6-15-9(10)12-11/h4-5,7H,3,6,11H2,1-2H3,(H2,10,12). The van der Waals surface area contributed by atoms with Crippen LogP contribution in [0.5, 0.6) is 0 Å². The molecule has 15 heavy (non-hydrogen) atoms. The predicted molar refractivity (Wildman–Crippen MR) is 64.3 cm³/mol. The summed E-state index contributed by atoms with van der Waals surface area (Å²) < 4.78 is 1.96. The van der Waals surface area contributed by atoms with E-state index in [-0.39, 0.29) is 0 Å². The summed E-state index contributed by atoms with van der Waals surface area (Å²) >= 11 is 1.39. The fourth-order valence-corrected chi connectivity index (χ4v) is 1.60. The number of hydrogen-bond acceptors (Lipinski definition) is 4. The summed E-state index contributed by atoms with van der Waals surface area (Å²) in [7, 11) is 0. The number of nitrogens with two attached hydrogens (primary N) is 2. The summed E-state index contributed by atoms with van der Waals surface area (Å²) in [6, 6.07) is 2.42. The Morgan fingerprint density at radius 1 is 1.73 bits per heavy atom. The van der Waals surface area contributed by atoms with Crippen molar-refractivity contribution in [2.24, 2.45) is 16.7 Å². The third kappa shape index (κ3) is 3.47. The van der Waals surface area contributed by atoms with E-state index in [0.29, 0.717) is 17.0 Å². The van der Waals surface area contributed by atoms with Crippen LogP contribution < -0.4 is 11.6 Å². The van der Waals surface area contributed by atoms with Crippen molar-refractivity contribution < 1.29 is 0 Å². The van der Waals surface area contributed by atoms with E-state index >= 15 is 0 Å². The van der Waals surface area contributed by atoms with Gasteiger partial charge in [0.1, 0.15) is 0 Å². The molecular weight excluding hydrogens is 210 g/mol. The van der Waals surface area contributed by atoms with Crippen molar-refractivity contribution in [3.8, 4) is 0 Å². The number of rotatable bonds is 4. The van der Waals surface area contributed by atoms with E-state index < -0.39 is 0 Å². The molecule has 1 aromatic heterocycles. The third-order valence-corrected chi connectivity index (χ3v) is 3.04. The number of thioether (sulfide) groups is 1. The molecule has 6 heteroatoms. The van der Waals surface area contributed by atoms with Gasteiger partial charge in [-0.05, 0) is 19.4 Å². The molecule has 0 saturated carbocycles. The highest BCUT2D eigenvalue weighted by atomic mass is 32.2. The maximum absolute atomic E-state index is 5.47. The Hall–Kier alpha value is -1.17. The average molecular weight is 227 g/mol. The van der Waals surface area contributed by atoms with E-state index in [1.807, 2.05) is 16.9 Å². The van der Waals surface area contributed by atoms with Crippen LogP contribution >= 0.6 is 11.8 Å². The molecule has 1 heterocycles. The van der Waals surface area contributed by atoms with Gasteiger partial charge in [0, 0.05) is 18.0 Å². The van der Waals surface area contributed by atoms with Crippen molar-refractivity contribution in [1.29, 1.82) is 0 Å². The van der Waals surface area contributed by atoms with Crippen molar-refractivity contribution in [2.45, 2.75) is 32.1 Å². The molecule has 0 saturated heterocycles. The molecule has 0 fully saturated rings. The van der Waals surface area contributed by atoms with Gasteiger partial charge in [-0.1, -0.05) is 18.7 Å². The first-order chi connectivity index (χ1) is 7.17. The minimum atomic E-state index is 0.382. The van der Waals surface area contributed by atoms with Crippen LogP contribution in [0.25, 0.3) is 0 Å². The normalized spacial score (nSPS) is 14.1. The fraction of sp³-hybridized carbons (Fsp3) is 0.556. The number of hydrogen-bond donors (Lipinski definition) is 2. The Balaban J connectivity index is 2.53. The van der Waals surface area contributed by atoms with Crippen LogP contribution in [0, 0.1) is 0 Å². The van der Waals surface area contributed by atoms with E-state index in [9.17, 15) is 0 Å². The monoisotopic (exact) mass is 227 g/mol. The topological polar surface area (TPSA) is 82.2 Å². The second-order valence-corrected chi connectivity index (χ2v) is 4.30. The van der Waals surface area contributed by atoms with E-state index in [1.165, 1.54) is 11.8 Å². The molecular formula is C9H17N5S. The molecule has 0 amide bonds. The quantitative estimate of drug-likeness (QED) is 0.351. The van der Waals surface area contributed by atoms with Crippen LogP contribution in [0.4, 0.5) is 0 Å². The lowest BCUT2D eigenvalue weighted by molar-refractivity contribution is 0.475. The Bertz CT molecular complexity index is 333. The van der Waals surface area contributed by atoms with Crippen LogP contribution in [-0.4, -0.2) is 14.9 Å². The highest BCUT2D eigenvalue weighted by Crippen LogP contribution is 2.13. The highest BCUT2D eigenvalue weighted by molar-refractivity contribution is 8.13. The van der Waals surface area contributed by atoms with Crippen molar-refractivity contribution in [3.05, 3.63) is 18.0 Å². The number of aromatic nitrogens is 2. The molecule has 4 N–H and O–H groups in total. The molecule has 0 aliphatic rings. The molecule has 0 spiro atoms. The summed E-state index contributed by atoms with van der Waals surface area (Å²) in [5, 5.41) is 8.20. The van der Waals surface area contributed by atoms with Crippen molar-refractivity contribution >= 4 is 16.9 Å². The van der Waals surface area contributed by atoms with Gasteiger partial charge in [0.25, 0.3) is 0 Å². The summed E-state index contributed by atoms with van der Waals surface area (Å²) in [5.74, 6) is 5.73. The number of amidine groups is 1. The van der Waals surface area contributed by atoms with Crippen molar-refractivity contribution in [3.63, 3.8) is 0 Å². The summed E-state index contributed by atoms with van der Waals surface area (Å²) in [6.07, 6.45) is 3.06. The minimum Gasteiger partial charge on any atom is -0.377 e. The zero-order valence-electron chi connectivity index (χ0n) is 9.05. The smallest absolute Gasteiger partial charge is 0.177 e. The molecule has 0 aromatic carbocycles. The molecule has 1 aromatic rings. The van der Waals surface area contributed by atoms with Crippen LogP contribution in [0.1, 0.15) is 32.0 Å². The predicted octanol–water partition coefficient (Wildman–Crippen LogP) is 1.28. The van der Waals surface area contributed by atoms with Gasteiger partial charge in [0.05, 0.1) is 5.69 Å². The third-order valence-electron chi connectivity index (χ3n) is 2.20. The maximum atomic E-state index is 5.47. The molecule has 0 aliphatic carbocycles. The first-order valence-electron chi connectivity index (χ1n) is 4.87. The van der Waals surface area contributed by atoms with Crippen LogP contribution in [0.2, 0.25) is 0 Å². The minimum absolute atomic E-state index is 0.382. The van der Waals surface area contributed by atoms with Gasteiger partial charge in [-0.25, -0.2) is 0 Å². The van der Waals surface area contributed by atoms with Gasteiger partial charge in [-0.2, -0.15) is 10.2 Å². The van der Waals surface area contributed by atoms with Crippen LogP contribution in [0.3, 0.4) is 0 Å². The average Bonchev–Trinajstić information content (AvgIpc) is 2.73. The lowest BCUT2D eigenvalue weighted by atomic mass is 10.3. The molecule has 0 aliphatic heterocycles. The van der Waals surface area contributed by atoms with Gasteiger partial charge in [-0.3, -0.25) is 4.68 Å². The van der Waals surface area contributed by atoms with Gasteiger partial charge in [0.15, 0.2) is 5.17 Å². The lowest BCUT2D eigenvalue weighted by Crippen LogP contribution is -2.09. The molecule has 0 bridgehead atoms. The number of hydrazone groups is 1. The van der Waals surface area contributed by atoms with E-state index in [4.69, 9.17) is 11.6 Å². The zero-order chi connectivity index (χ0) is 11.3. The Kier molecular flexibility index (Phi) is 4.48. The van der Waals surface area contributed by atoms with Crippen LogP contribution in [0.15, 0.2) is 17.4 Å². The summed E-state index contributed by atoms with van der Waals surface area (Å²) in [4.78, 5) is 0.